The number of alkyl carbamates (subject to hydrolysis) is 1. The largest absolute Gasteiger partial charge is 0.453 e. The molecule has 0 aliphatic rings. The van der Waals surface area contributed by atoms with Crippen LogP contribution in [0.2, 0.25) is 0 Å². The summed E-state index contributed by atoms with van der Waals surface area (Å²) < 4.78 is 36.3. The third kappa shape index (κ3) is 8.45. The van der Waals surface area contributed by atoms with Gasteiger partial charge in [-0.05, 0) is 34.6 Å². The van der Waals surface area contributed by atoms with E-state index in [1.807, 2.05) is 52.5 Å². The molecule has 0 fully saturated rings. The SMILES string of the molecule is COC(=O)N[C@@H](Cc1ccccc1)C(=O)N[C@@H](Cc1ccc(CS(=O)(=O)O)cc1)c1csc(-c2ccsc2)n1. The third-order valence-electron chi connectivity index (χ3n) is 5.85. The second-order valence-corrected chi connectivity index (χ2v) is 11.9. The fraction of sp³-hybridized carbons (Fsp3) is 0.222. The number of hydrogen-bond donors (Lipinski definition) is 3. The molecule has 0 unspecified atom stereocenters. The van der Waals surface area contributed by atoms with Gasteiger partial charge in [0.05, 0.1) is 18.8 Å². The maximum atomic E-state index is 13.5. The van der Waals surface area contributed by atoms with Crippen LogP contribution in [-0.4, -0.2) is 43.1 Å². The molecule has 204 valence electrons. The maximum Gasteiger partial charge on any atom is 0.407 e. The van der Waals surface area contributed by atoms with Gasteiger partial charge in [0.1, 0.15) is 16.8 Å². The number of thiazole rings is 1. The third-order valence-corrected chi connectivity index (χ3v) is 8.14. The lowest BCUT2D eigenvalue weighted by Crippen LogP contribution is -2.49. The molecule has 0 bridgehead atoms. The second kappa shape index (κ2) is 13.0. The number of nitrogens with one attached hydrogen (secondary N) is 2. The number of ether oxygens (including phenoxy) is 1. The van der Waals surface area contributed by atoms with Crippen LogP contribution in [0.1, 0.15) is 28.4 Å². The van der Waals surface area contributed by atoms with E-state index in [4.69, 9.17) is 14.3 Å². The van der Waals surface area contributed by atoms with E-state index in [1.54, 1.807) is 35.6 Å². The van der Waals surface area contributed by atoms with Crippen LogP contribution < -0.4 is 10.6 Å². The highest BCUT2D eigenvalue weighted by Gasteiger charge is 2.26. The Balaban J connectivity index is 1.59. The molecule has 39 heavy (non-hydrogen) atoms. The van der Waals surface area contributed by atoms with Gasteiger partial charge < -0.3 is 15.4 Å². The molecule has 0 spiro atoms. The van der Waals surface area contributed by atoms with E-state index in [0.29, 0.717) is 17.7 Å². The lowest BCUT2D eigenvalue weighted by Gasteiger charge is -2.23. The van der Waals surface area contributed by atoms with Crippen LogP contribution in [0.15, 0.2) is 76.8 Å². The molecule has 2 atom stereocenters. The van der Waals surface area contributed by atoms with E-state index < -0.39 is 40.0 Å². The molecular weight excluding hydrogens is 559 g/mol. The molecule has 2 aromatic heterocycles. The summed E-state index contributed by atoms with van der Waals surface area (Å²) >= 11 is 3.03. The number of rotatable bonds is 11. The number of carbonyl (C=O) groups excluding carboxylic acids is 2. The molecular formula is C27H27N3O6S3. The van der Waals surface area contributed by atoms with Gasteiger partial charge in [-0.2, -0.15) is 19.8 Å². The Morgan fingerprint density at radius 2 is 1.64 bits per heavy atom. The van der Waals surface area contributed by atoms with Gasteiger partial charge in [0.25, 0.3) is 10.1 Å². The zero-order valence-corrected chi connectivity index (χ0v) is 23.4. The Morgan fingerprint density at radius 3 is 2.28 bits per heavy atom. The molecule has 0 aliphatic carbocycles. The number of carbonyl (C=O) groups is 2. The van der Waals surface area contributed by atoms with Gasteiger partial charge in [-0.1, -0.05) is 54.6 Å². The van der Waals surface area contributed by atoms with E-state index in [0.717, 1.165) is 21.7 Å². The molecule has 12 heteroatoms. The van der Waals surface area contributed by atoms with Gasteiger partial charge in [0.15, 0.2) is 0 Å². The molecule has 4 aromatic rings. The number of thiophene rings is 1. The summed E-state index contributed by atoms with van der Waals surface area (Å²) in [5, 5.41) is 12.4. The zero-order chi connectivity index (χ0) is 27.8. The van der Waals surface area contributed by atoms with Gasteiger partial charge in [0, 0.05) is 22.7 Å². The first kappa shape index (κ1) is 28.4. The van der Waals surface area contributed by atoms with Gasteiger partial charge >= 0.3 is 6.09 Å². The Kier molecular flexibility index (Phi) is 9.46. The molecule has 2 aromatic carbocycles. The molecule has 4 rings (SSSR count). The zero-order valence-electron chi connectivity index (χ0n) is 20.9. The van der Waals surface area contributed by atoms with Gasteiger partial charge in [0.2, 0.25) is 5.91 Å². The van der Waals surface area contributed by atoms with Crippen molar-refractivity contribution in [3.05, 3.63) is 99.2 Å². The van der Waals surface area contributed by atoms with E-state index >= 15 is 0 Å². The number of amides is 2. The highest BCUT2D eigenvalue weighted by Crippen LogP contribution is 2.29. The Hall–Kier alpha value is -3.58. The fourth-order valence-electron chi connectivity index (χ4n) is 3.94. The van der Waals surface area contributed by atoms with Crippen LogP contribution in [0, 0.1) is 0 Å². The van der Waals surface area contributed by atoms with Crippen molar-refractivity contribution in [2.24, 2.45) is 0 Å². The van der Waals surface area contributed by atoms with Crippen LogP contribution in [0.4, 0.5) is 4.79 Å². The molecule has 9 nitrogen and oxygen atoms in total. The average Bonchev–Trinajstić information content (AvgIpc) is 3.61. The first-order chi connectivity index (χ1) is 18.7. The minimum atomic E-state index is -4.15. The number of hydrogen-bond acceptors (Lipinski definition) is 8. The molecule has 2 heterocycles. The summed E-state index contributed by atoms with van der Waals surface area (Å²) in [5.74, 6) is -0.883. The normalized spacial score (nSPS) is 12.9. The maximum absolute atomic E-state index is 13.5. The lowest BCUT2D eigenvalue weighted by atomic mass is 10.0. The molecule has 0 saturated carbocycles. The van der Waals surface area contributed by atoms with Gasteiger partial charge in [-0.15, -0.1) is 11.3 Å². The Labute approximate surface area is 234 Å². The van der Waals surface area contributed by atoms with Crippen molar-refractivity contribution in [1.82, 2.24) is 15.6 Å². The highest BCUT2D eigenvalue weighted by atomic mass is 32.2. The van der Waals surface area contributed by atoms with Crippen molar-refractivity contribution in [2.75, 3.05) is 7.11 Å². The monoisotopic (exact) mass is 585 g/mol. The van der Waals surface area contributed by atoms with Crippen LogP contribution >= 0.6 is 22.7 Å². The number of nitrogens with zero attached hydrogens (tertiary/aromatic N) is 1. The summed E-state index contributed by atoms with van der Waals surface area (Å²) in [5.41, 5.74) is 3.79. The van der Waals surface area contributed by atoms with Gasteiger partial charge in [-0.25, -0.2) is 9.78 Å². The van der Waals surface area contributed by atoms with Crippen molar-refractivity contribution in [1.29, 1.82) is 0 Å². The standard InChI is InChI=1S/C27H27N3O6S3/c1-36-27(32)30-23(14-18-5-3-2-4-6-18)25(31)28-22(24-16-38-26(29-24)21-11-12-37-15-21)13-19-7-9-20(10-8-19)17-39(33,34)35/h2-12,15-16,22-23H,13-14,17H2,1H3,(H,28,31)(H,30,32)(H,33,34,35)/t22-,23-/m0/s1. The molecule has 0 aliphatic heterocycles. The molecule has 0 saturated heterocycles. The Bertz CT molecular complexity index is 1490. The van der Waals surface area contributed by atoms with Crippen LogP contribution in [0.5, 0.6) is 0 Å². The predicted octanol–water partition coefficient (Wildman–Crippen LogP) is 4.63. The summed E-state index contributed by atoms with van der Waals surface area (Å²) in [7, 11) is -2.91. The highest BCUT2D eigenvalue weighted by molar-refractivity contribution is 7.85. The predicted molar refractivity (Wildman–Crippen MR) is 151 cm³/mol. The summed E-state index contributed by atoms with van der Waals surface area (Å²) in [4.78, 5) is 30.3. The van der Waals surface area contributed by atoms with Gasteiger partial charge in [-0.3, -0.25) is 9.35 Å². The van der Waals surface area contributed by atoms with Crippen molar-refractivity contribution < 1.29 is 27.3 Å². The molecule has 3 N–H and O–H groups in total. The number of aromatic nitrogens is 1. The first-order valence-electron chi connectivity index (χ1n) is 11.9. The fourth-order valence-corrected chi connectivity index (χ4v) is 6.14. The van der Waals surface area contributed by atoms with Crippen molar-refractivity contribution in [3.8, 4) is 10.6 Å². The van der Waals surface area contributed by atoms with Crippen LogP contribution in [0.3, 0.4) is 0 Å². The molecule has 0 radical (unpaired) electrons. The minimum Gasteiger partial charge on any atom is -0.453 e. The van der Waals surface area contributed by atoms with Crippen molar-refractivity contribution in [2.45, 2.75) is 30.7 Å². The molecule has 2 amide bonds. The summed E-state index contributed by atoms with van der Waals surface area (Å²) in [6, 6.07) is 16.6. The van der Waals surface area contributed by atoms with Crippen molar-refractivity contribution in [3.63, 3.8) is 0 Å². The second-order valence-electron chi connectivity index (χ2n) is 8.78. The van der Waals surface area contributed by atoms with E-state index in [-0.39, 0.29) is 6.42 Å². The topological polar surface area (TPSA) is 135 Å². The average molecular weight is 586 g/mol. The van der Waals surface area contributed by atoms with E-state index in [9.17, 15) is 18.0 Å². The van der Waals surface area contributed by atoms with Crippen LogP contribution in [-0.2, 0) is 38.2 Å². The number of benzene rings is 2. The first-order valence-corrected chi connectivity index (χ1v) is 15.3. The minimum absolute atomic E-state index is 0.260. The van der Waals surface area contributed by atoms with Crippen molar-refractivity contribution >= 4 is 44.8 Å². The van der Waals surface area contributed by atoms with E-state index in [1.165, 1.54) is 18.4 Å². The number of methoxy groups -OCH3 is 1. The summed E-state index contributed by atoms with van der Waals surface area (Å²) in [6.45, 7) is 0. The lowest BCUT2D eigenvalue weighted by molar-refractivity contribution is -0.123. The smallest absolute Gasteiger partial charge is 0.407 e. The Morgan fingerprint density at radius 1 is 0.949 bits per heavy atom. The quantitative estimate of drug-likeness (QED) is 0.219. The van der Waals surface area contributed by atoms with Crippen LogP contribution in [0.25, 0.3) is 10.6 Å². The summed E-state index contributed by atoms with van der Waals surface area (Å²) in [6.07, 6.45) is -0.0951. The van der Waals surface area contributed by atoms with E-state index in [2.05, 4.69) is 10.6 Å².